The number of carboxylic acid groups (broad SMARTS) is 1. The van der Waals surface area contributed by atoms with Gasteiger partial charge in [-0.15, -0.1) is 0 Å². The number of fused-ring (bicyclic) bond motifs is 1. The Labute approximate surface area is 193 Å². The number of amides is 2. The second-order valence-corrected chi connectivity index (χ2v) is 7.79. The van der Waals surface area contributed by atoms with Crippen molar-refractivity contribution in [3.63, 3.8) is 0 Å². The normalized spacial score (nSPS) is 16.0. The number of rotatable bonds is 4. The van der Waals surface area contributed by atoms with Crippen molar-refractivity contribution in [1.29, 1.82) is 0 Å². The summed E-state index contributed by atoms with van der Waals surface area (Å²) in [6.07, 6.45) is 1.17. The third-order valence-electron chi connectivity index (χ3n) is 5.50. The highest BCUT2D eigenvalue weighted by molar-refractivity contribution is 6.09. The van der Waals surface area contributed by atoms with E-state index in [1.807, 2.05) is 0 Å². The van der Waals surface area contributed by atoms with Crippen molar-refractivity contribution < 1.29 is 32.7 Å². The van der Waals surface area contributed by atoms with Gasteiger partial charge < -0.3 is 19.7 Å². The van der Waals surface area contributed by atoms with E-state index in [1.165, 1.54) is 53.6 Å². The minimum Gasteiger partial charge on any atom is -0.478 e. The lowest BCUT2D eigenvalue weighted by molar-refractivity contribution is -0.131. The number of nitrogens with zero attached hydrogens (tertiary/aromatic N) is 1. The Bertz CT molecular complexity index is 1290. The number of aryl methyl sites for hydroxylation is 1. The van der Waals surface area contributed by atoms with Gasteiger partial charge in [0.1, 0.15) is 0 Å². The Morgan fingerprint density at radius 1 is 1.09 bits per heavy atom. The van der Waals surface area contributed by atoms with Crippen molar-refractivity contribution >= 4 is 34.7 Å². The van der Waals surface area contributed by atoms with E-state index < -0.39 is 35.7 Å². The van der Waals surface area contributed by atoms with Gasteiger partial charge in [-0.05, 0) is 43.3 Å². The summed E-state index contributed by atoms with van der Waals surface area (Å²) in [5, 5.41) is 11.8. The number of anilines is 2. The van der Waals surface area contributed by atoms with Gasteiger partial charge in [0.05, 0.1) is 12.0 Å². The first-order chi connectivity index (χ1) is 16.2. The van der Waals surface area contributed by atoms with E-state index >= 15 is 0 Å². The van der Waals surface area contributed by atoms with Gasteiger partial charge in [-0.3, -0.25) is 9.59 Å². The third kappa shape index (κ3) is 4.45. The van der Waals surface area contributed by atoms with Crippen LogP contribution in [0.25, 0.3) is 5.57 Å². The monoisotopic (exact) mass is 466 g/mol. The lowest BCUT2D eigenvalue weighted by atomic mass is 9.97. The van der Waals surface area contributed by atoms with Crippen molar-refractivity contribution in [2.45, 2.75) is 19.3 Å². The number of aliphatic carboxylic acids is 1. The zero-order valence-electron chi connectivity index (χ0n) is 18.0. The van der Waals surface area contributed by atoms with Gasteiger partial charge in [0.2, 0.25) is 0 Å². The van der Waals surface area contributed by atoms with Crippen molar-refractivity contribution in [2.24, 2.45) is 0 Å². The van der Waals surface area contributed by atoms with Crippen LogP contribution in [0.5, 0.6) is 0 Å². The number of benzene rings is 2. The fourth-order valence-electron chi connectivity index (χ4n) is 3.80. The number of hydrogen-bond donors (Lipinski definition) is 2. The summed E-state index contributed by atoms with van der Waals surface area (Å²) in [7, 11) is 0. The molecular formula is C25H20F2N2O5. The van der Waals surface area contributed by atoms with E-state index in [9.17, 15) is 23.2 Å². The van der Waals surface area contributed by atoms with Crippen molar-refractivity contribution in [3.8, 4) is 0 Å². The molecule has 34 heavy (non-hydrogen) atoms. The van der Waals surface area contributed by atoms with Gasteiger partial charge in [-0.25, -0.2) is 13.6 Å². The van der Waals surface area contributed by atoms with Crippen LogP contribution in [0.3, 0.4) is 0 Å². The third-order valence-corrected chi connectivity index (χ3v) is 5.50. The van der Waals surface area contributed by atoms with Crippen LogP contribution in [0.15, 0.2) is 71.4 Å². The van der Waals surface area contributed by atoms with Crippen molar-refractivity contribution in [1.82, 2.24) is 0 Å². The van der Waals surface area contributed by atoms with Gasteiger partial charge in [0.25, 0.3) is 17.7 Å². The molecule has 9 heteroatoms. The molecule has 0 fully saturated rings. The largest absolute Gasteiger partial charge is 0.478 e. The number of para-hydroxylation sites is 1. The molecule has 0 bridgehead atoms. The molecule has 2 amide bonds. The van der Waals surface area contributed by atoms with E-state index in [-0.39, 0.29) is 29.1 Å². The molecule has 1 aliphatic heterocycles. The van der Waals surface area contributed by atoms with Crippen LogP contribution in [0.2, 0.25) is 0 Å². The first kappa shape index (κ1) is 22.9. The molecule has 0 aliphatic carbocycles. The predicted molar refractivity (Wildman–Crippen MR) is 121 cm³/mol. The molecule has 0 radical (unpaired) electrons. The summed E-state index contributed by atoms with van der Waals surface area (Å²) in [4.78, 5) is 38.0. The molecule has 0 spiro atoms. The molecule has 2 aromatic carbocycles. The smallest absolute Gasteiger partial charge is 0.328 e. The summed E-state index contributed by atoms with van der Waals surface area (Å²) < 4.78 is 34.8. The van der Waals surface area contributed by atoms with Crippen LogP contribution < -0.4 is 10.2 Å². The summed E-state index contributed by atoms with van der Waals surface area (Å²) in [5.41, 5.74) is 0.860. The lowest BCUT2D eigenvalue weighted by Crippen LogP contribution is -2.33. The number of alkyl halides is 2. The fraction of sp³-hybridized carbons (Fsp3) is 0.160. The number of carboxylic acids is 1. The summed E-state index contributed by atoms with van der Waals surface area (Å²) >= 11 is 0. The second kappa shape index (κ2) is 8.93. The maximum Gasteiger partial charge on any atom is 0.328 e. The fourth-order valence-corrected chi connectivity index (χ4v) is 3.80. The number of carbonyl (C=O) groups excluding carboxylic acids is 2. The Kier molecular flexibility index (Phi) is 6.02. The summed E-state index contributed by atoms with van der Waals surface area (Å²) in [5.74, 6) is -5.72. The highest BCUT2D eigenvalue weighted by Crippen LogP contribution is 2.43. The van der Waals surface area contributed by atoms with Gasteiger partial charge in [-0.2, -0.15) is 0 Å². The van der Waals surface area contributed by atoms with E-state index in [2.05, 4.69) is 5.32 Å². The zero-order valence-corrected chi connectivity index (χ0v) is 18.0. The van der Waals surface area contributed by atoms with Gasteiger partial charge in [0.15, 0.2) is 5.76 Å². The molecule has 1 aromatic heterocycles. The SMILES string of the molecule is Cc1ccoc1C(=O)Nc1ccc(C(=O)N2CCC(F)(F)C(=CC(=O)O)c3ccccc32)cc1. The van der Waals surface area contributed by atoms with Crippen LogP contribution in [-0.2, 0) is 4.79 Å². The molecule has 174 valence electrons. The van der Waals surface area contributed by atoms with Crippen molar-refractivity contribution in [3.05, 3.63) is 89.4 Å². The zero-order chi connectivity index (χ0) is 24.5. The first-order valence-electron chi connectivity index (χ1n) is 10.4. The van der Waals surface area contributed by atoms with Crippen molar-refractivity contribution in [2.75, 3.05) is 16.8 Å². The second-order valence-electron chi connectivity index (χ2n) is 7.79. The summed E-state index contributed by atoms with van der Waals surface area (Å²) in [6, 6.07) is 13.7. The molecule has 7 nitrogen and oxygen atoms in total. The molecular weight excluding hydrogens is 446 g/mol. The van der Waals surface area contributed by atoms with E-state index in [1.54, 1.807) is 19.1 Å². The van der Waals surface area contributed by atoms with Crippen LogP contribution >= 0.6 is 0 Å². The van der Waals surface area contributed by atoms with Gasteiger partial charge in [-0.1, -0.05) is 18.2 Å². The van der Waals surface area contributed by atoms with Crippen LogP contribution in [0.4, 0.5) is 20.2 Å². The molecule has 2 heterocycles. The number of nitrogens with one attached hydrogen (secondary N) is 1. The van der Waals surface area contributed by atoms with Crippen LogP contribution in [0, 0.1) is 6.92 Å². The number of hydrogen-bond acceptors (Lipinski definition) is 4. The van der Waals surface area contributed by atoms with Crippen LogP contribution in [0.1, 0.15) is 38.5 Å². The molecule has 1 aliphatic rings. The highest BCUT2D eigenvalue weighted by atomic mass is 19.3. The minimum atomic E-state index is -3.43. The predicted octanol–water partition coefficient (Wildman–Crippen LogP) is 4.99. The van der Waals surface area contributed by atoms with E-state index in [0.29, 0.717) is 17.3 Å². The molecule has 0 saturated heterocycles. The number of allylic oxidation sites excluding steroid dienone is 1. The highest BCUT2D eigenvalue weighted by Gasteiger charge is 2.41. The summed E-state index contributed by atoms with van der Waals surface area (Å²) in [6.45, 7) is 1.43. The number of halogens is 2. The molecule has 0 atom stereocenters. The first-order valence-corrected chi connectivity index (χ1v) is 10.4. The number of furan rings is 1. The lowest BCUT2D eigenvalue weighted by Gasteiger charge is -2.23. The molecule has 3 aromatic rings. The molecule has 0 unspecified atom stereocenters. The topological polar surface area (TPSA) is 99.9 Å². The maximum atomic E-state index is 14.8. The van der Waals surface area contributed by atoms with E-state index in [0.717, 1.165) is 0 Å². The maximum absolute atomic E-state index is 14.8. The Morgan fingerprint density at radius 2 is 1.79 bits per heavy atom. The Hall–Kier alpha value is -4.27. The molecule has 0 saturated carbocycles. The number of carbonyl (C=O) groups is 3. The van der Waals surface area contributed by atoms with E-state index in [4.69, 9.17) is 9.52 Å². The quantitative estimate of drug-likeness (QED) is 0.528. The average Bonchev–Trinajstić information content (AvgIpc) is 3.20. The van der Waals surface area contributed by atoms with Crippen LogP contribution in [-0.4, -0.2) is 35.4 Å². The van der Waals surface area contributed by atoms with Gasteiger partial charge in [0, 0.05) is 47.0 Å². The minimum absolute atomic E-state index is 0.0153. The average molecular weight is 466 g/mol. The Morgan fingerprint density at radius 3 is 2.44 bits per heavy atom. The molecule has 2 N–H and O–H groups in total. The molecule has 4 rings (SSSR count). The standard InChI is InChI=1S/C25H20F2N2O5/c1-15-10-13-34-22(15)23(32)28-17-8-6-16(7-9-17)24(33)29-12-11-25(26,27)19(14-21(30)31)18-4-2-3-5-20(18)29/h2-10,13-14H,11-12H2,1H3,(H,28,32)(H,30,31). The Balaban J connectivity index is 1.62. The van der Waals surface area contributed by atoms with Gasteiger partial charge >= 0.3 is 5.97 Å².